The number of hydrogen-bond acceptors (Lipinski definition) is 3. The first-order chi connectivity index (χ1) is 9.48. The van der Waals surface area contributed by atoms with Crippen LogP contribution >= 0.6 is 0 Å². The Morgan fingerprint density at radius 2 is 1.65 bits per heavy atom. The van der Waals surface area contributed by atoms with E-state index in [1.165, 1.54) is 6.42 Å². The molecule has 1 atom stereocenters. The Labute approximate surface area is 119 Å². The van der Waals surface area contributed by atoms with Gasteiger partial charge in [-0.3, -0.25) is 16.2 Å². The molecule has 2 aliphatic rings. The summed E-state index contributed by atoms with van der Waals surface area (Å²) in [4.78, 5) is 2.42. The number of hydrazine groups is 1. The molecule has 1 aliphatic carbocycles. The van der Waals surface area contributed by atoms with Crippen LogP contribution in [0.25, 0.3) is 0 Å². The number of likely N-dealkylation sites (tertiary alicyclic amines) is 1. The van der Waals surface area contributed by atoms with Crippen LogP contribution in [0.1, 0.15) is 57.8 Å². The summed E-state index contributed by atoms with van der Waals surface area (Å²) in [7, 11) is 0. The van der Waals surface area contributed by atoms with E-state index in [-0.39, 0.29) is 18.0 Å². The number of nitrogens with two attached hydrogens (primary N) is 1. The van der Waals surface area contributed by atoms with E-state index in [9.17, 15) is 13.2 Å². The zero-order chi connectivity index (χ0) is 14.6. The highest BCUT2D eigenvalue weighted by Gasteiger charge is 2.46. The molecule has 118 valence electrons. The lowest BCUT2D eigenvalue weighted by Gasteiger charge is -2.48. The predicted octanol–water partition coefficient (Wildman–Crippen LogP) is 2.96. The second-order valence-electron chi connectivity index (χ2n) is 6.23. The molecule has 2 rings (SSSR count). The largest absolute Gasteiger partial charge is 0.389 e. The van der Waals surface area contributed by atoms with Gasteiger partial charge in [0.2, 0.25) is 0 Å². The molecule has 0 spiro atoms. The fourth-order valence-electron chi connectivity index (χ4n) is 4.03. The van der Waals surface area contributed by atoms with Crippen LogP contribution in [-0.4, -0.2) is 35.7 Å². The first-order valence-corrected chi connectivity index (χ1v) is 7.76. The summed E-state index contributed by atoms with van der Waals surface area (Å²) in [5.41, 5.74) is 2.56. The standard InChI is InChI=1S/C14H26F3N3/c15-14(16,17)9-6-12(19-18)13(7-2-3-8-13)20-10-4-1-5-11-20/h12,19H,1-11,18H2. The lowest BCUT2D eigenvalue weighted by Crippen LogP contribution is -2.62. The van der Waals surface area contributed by atoms with Gasteiger partial charge in [-0.25, -0.2) is 0 Å². The van der Waals surface area contributed by atoms with Gasteiger partial charge in [-0.1, -0.05) is 19.3 Å². The van der Waals surface area contributed by atoms with E-state index >= 15 is 0 Å². The van der Waals surface area contributed by atoms with Gasteiger partial charge >= 0.3 is 6.18 Å². The minimum atomic E-state index is -4.10. The number of alkyl halides is 3. The van der Waals surface area contributed by atoms with Crippen LogP contribution in [0.2, 0.25) is 0 Å². The van der Waals surface area contributed by atoms with Gasteiger partial charge in [-0.2, -0.15) is 13.2 Å². The second kappa shape index (κ2) is 6.62. The highest BCUT2D eigenvalue weighted by molar-refractivity contribution is 5.03. The maximum atomic E-state index is 12.5. The molecule has 0 radical (unpaired) electrons. The third kappa shape index (κ3) is 3.65. The predicted molar refractivity (Wildman–Crippen MR) is 73.0 cm³/mol. The van der Waals surface area contributed by atoms with Crippen molar-refractivity contribution in [2.75, 3.05) is 13.1 Å². The lowest BCUT2D eigenvalue weighted by atomic mass is 9.82. The average molecular weight is 293 g/mol. The van der Waals surface area contributed by atoms with E-state index in [1.54, 1.807) is 0 Å². The Kier molecular flexibility index (Phi) is 5.31. The van der Waals surface area contributed by atoms with Crippen molar-refractivity contribution >= 4 is 0 Å². The lowest BCUT2D eigenvalue weighted by molar-refractivity contribution is -0.139. The molecule has 3 N–H and O–H groups in total. The highest BCUT2D eigenvalue weighted by Crippen LogP contribution is 2.41. The summed E-state index contributed by atoms with van der Waals surface area (Å²) in [6.45, 7) is 2.01. The Balaban J connectivity index is 2.08. The number of rotatable bonds is 5. The summed E-state index contributed by atoms with van der Waals surface area (Å²) >= 11 is 0. The fraction of sp³-hybridized carbons (Fsp3) is 1.00. The first kappa shape index (κ1) is 16.0. The van der Waals surface area contributed by atoms with Gasteiger partial charge in [0.05, 0.1) is 0 Å². The summed E-state index contributed by atoms with van der Waals surface area (Å²) in [6, 6.07) is -0.260. The van der Waals surface area contributed by atoms with E-state index in [0.717, 1.165) is 51.6 Å². The molecule has 0 amide bonds. The third-order valence-corrected chi connectivity index (χ3v) is 5.02. The van der Waals surface area contributed by atoms with Crippen molar-refractivity contribution in [2.24, 2.45) is 5.84 Å². The zero-order valence-electron chi connectivity index (χ0n) is 12.0. The number of hydrogen-bond donors (Lipinski definition) is 2. The molecule has 20 heavy (non-hydrogen) atoms. The van der Waals surface area contributed by atoms with Crippen molar-refractivity contribution < 1.29 is 13.2 Å². The second-order valence-corrected chi connectivity index (χ2v) is 6.23. The molecule has 0 aromatic heterocycles. The number of nitrogens with zero attached hydrogens (tertiary/aromatic N) is 1. The molecule has 1 aliphatic heterocycles. The minimum absolute atomic E-state index is 0.0799. The van der Waals surface area contributed by atoms with Gasteiger partial charge in [-0.15, -0.1) is 0 Å². The third-order valence-electron chi connectivity index (χ3n) is 5.02. The Morgan fingerprint density at radius 1 is 1.05 bits per heavy atom. The van der Waals surface area contributed by atoms with Crippen molar-refractivity contribution in [1.29, 1.82) is 0 Å². The van der Waals surface area contributed by atoms with Gasteiger partial charge < -0.3 is 0 Å². The van der Waals surface area contributed by atoms with E-state index in [1.807, 2.05) is 0 Å². The number of piperidine rings is 1. The smallest absolute Gasteiger partial charge is 0.296 e. The quantitative estimate of drug-likeness (QED) is 0.605. The van der Waals surface area contributed by atoms with Crippen LogP contribution in [0.15, 0.2) is 0 Å². The van der Waals surface area contributed by atoms with Crippen molar-refractivity contribution in [3.63, 3.8) is 0 Å². The van der Waals surface area contributed by atoms with Crippen LogP contribution in [0.3, 0.4) is 0 Å². The van der Waals surface area contributed by atoms with Crippen LogP contribution in [-0.2, 0) is 0 Å². The maximum absolute atomic E-state index is 12.5. The first-order valence-electron chi connectivity index (χ1n) is 7.76. The molecule has 1 heterocycles. The molecule has 6 heteroatoms. The molecule has 0 aromatic carbocycles. The van der Waals surface area contributed by atoms with Crippen LogP contribution in [0, 0.1) is 0 Å². The summed E-state index contributed by atoms with van der Waals surface area (Å²) in [6.07, 6.45) is 2.90. The fourth-order valence-corrected chi connectivity index (χ4v) is 4.03. The van der Waals surface area contributed by atoms with Crippen molar-refractivity contribution in [3.05, 3.63) is 0 Å². The SMILES string of the molecule is NNC(CCC(F)(F)F)C1(N2CCCCC2)CCCC1. The van der Waals surface area contributed by atoms with Crippen LogP contribution in [0.4, 0.5) is 13.2 Å². The van der Waals surface area contributed by atoms with E-state index in [2.05, 4.69) is 10.3 Å². The Bertz CT molecular complexity index is 295. The minimum Gasteiger partial charge on any atom is -0.296 e. The molecule has 0 aromatic rings. The maximum Gasteiger partial charge on any atom is 0.389 e. The van der Waals surface area contributed by atoms with E-state index in [0.29, 0.717) is 0 Å². The van der Waals surface area contributed by atoms with Crippen molar-refractivity contribution in [2.45, 2.75) is 75.5 Å². The number of halogens is 3. The van der Waals surface area contributed by atoms with Crippen LogP contribution in [0.5, 0.6) is 0 Å². The van der Waals surface area contributed by atoms with Crippen LogP contribution < -0.4 is 11.3 Å². The summed E-state index contributed by atoms with van der Waals surface area (Å²) < 4.78 is 37.6. The van der Waals surface area contributed by atoms with Crippen molar-refractivity contribution in [1.82, 2.24) is 10.3 Å². The molecular formula is C14H26F3N3. The molecule has 0 bridgehead atoms. The molecule has 3 nitrogen and oxygen atoms in total. The molecule has 1 saturated carbocycles. The van der Waals surface area contributed by atoms with Gasteiger partial charge in [-0.05, 0) is 45.2 Å². The Hall–Kier alpha value is -0.330. The Morgan fingerprint density at radius 3 is 2.15 bits per heavy atom. The summed E-state index contributed by atoms with van der Waals surface area (Å²) in [5.74, 6) is 5.63. The molecule has 1 saturated heterocycles. The van der Waals surface area contributed by atoms with E-state index in [4.69, 9.17) is 5.84 Å². The molecular weight excluding hydrogens is 267 g/mol. The van der Waals surface area contributed by atoms with E-state index < -0.39 is 12.6 Å². The highest BCUT2D eigenvalue weighted by atomic mass is 19.4. The number of nitrogens with one attached hydrogen (secondary N) is 1. The zero-order valence-corrected chi connectivity index (χ0v) is 12.0. The van der Waals surface area contributed by atoms with Gasteiger partial charge in [0.15, 0.2) is 0 Å². The monoisotopic (exact) mass is 293 g/mol. The average Bonchev–Trinajstić information content (AvgIpc) is 2.90. The van der Waals surface area contributed by atoms with Crippen molar-refractivity contribution in [3.8, 4) is 0 Å². The van der Waals surface area contributed by atoms with Gasteiger partial charge in [0.25, 0.3) is 0 Å². The van der Waals surface area contributed by atoms with Gasteiger partial charge in [0.1, 0.15) is 0 Å². The molecule has 1 unspecified atom stereocenters. The molecule has 2 fully saturated rings. The van der Waals surface area contributed by atoms with Gasteiger partial charge in [0, 0.05) is 18.0 Å². The topological polar surface area (TPSA) is 41.3 Å². The summed E-state index contributed by atoms with van der Waals surface area (Å²) in [5, 5.41) is 0. The normalized spacial score (nSPS) is 25.8.